The quantitative estimate of drug-likeness (QED) is 0.823. The lowest BCUT2D eigenvalue weighted by Crippen LogP contribution is -2.00. The zero-order valence-corrected chi connectivity index (χ0v) is 13.7. The number of ether oxygens (including phenoxy) is 1. The number of rotatable bonds is 6. The largest absolute Gasteiger partial charge is 0.496 e. The van der Waals surface area contributed by atoms with Gasteiger partial charge in [-0.05, 0) is 13.8 Å². The number of nitrogens with zero attached hydrogens (tertiary/aromatic N) is 2. The Morgan fingerprint density at radius 1 is 1.48 bits per heavy atom. The fraction of sp³-hybridized carbons (Fsp3) is 0.357. The average Bonchev–Trinajstić information content (AvgIpc) is 2.85. The van der Waals surface area contributed by atoms with E-state index in [0.29, 0.717) is 11.4 Å². The molecule has 0 aromatic carbocycles. The molecule has 0 saturated carbocycles. The van der Waals surface area contributed by atoms with Crippen molar-refractivity contribution in [2.45, 2.75) is 30.4 Å². The van der Waals surface area contributed by atoms with Crippen LogP contribution in [0.2, 0.25) is 0 Å². The number of aryl methyl sites for hydroxylation is 1. The van der Waals surface area contributed by atoms with Crippen LogP contribution in [0.4, 0.5) is 0 Å². The van der Waals surface area contributed by atoms with Crippen molar-refractivity contribution in [2.75, 3.05) is 7.11 Å². The number of carboxylic acid groups (broad SMARTS) is 1. The number of thioether (sulfide) groups is 1. The molecule has 2 rings (SSSR count). The highest BCUT2D eigenvalue weighted by atomic mass is 32.2. The first-order valence-corrected chi connectivity index (χ1v) is 8.16. The molecule has 0 fully saturated rings. The number of thiazole rings is 1. The smallest absolute Gasteiger partial charge is 0.309 e. The summed E-state index contributed by atoms with van der Waals surface area (Å²) in [7, 11) is 1.66. The van der Waals surface area contributed by atoms with E-state index in [9.17, 15) is 4.79 Å². The van der Waals surface area contributed by atoms with Gasteiger partial charge in [-0.1, -0.05) is 11.8 Å². The average molecular weight is 324 g/mol. The minimum atomic E-state index is -0.863. The molecule has 0 atom stereocenters. The van der Waals surface area contributed by atoms with Crippen LogP contribution in [0.15, 0.2) is 15.9 Å². The van der Waals surface area contributed by atoms with Crippen LogP contribution in [-0.2, 0) is 17.0 Å². The van der Waals surface area contributed by atoms with Crippen LogP contribution in [0.3, 0.4) is 0 Å². The van der Waals surface area contributed by atoms with Gasteiger partial charge >= 0.3 is 5.97 Å². The zero-order valence-electron chi connectivity index (χ0n) is 12.0. The van der Waals surface area contributed by atoms with Gasteiger partial charge in [-0.2, -0.15) is 0 Å². The Kier molecular flexibility index (Phi) is 5.19. The van der Waals surface area contributed by atoms with E-state index in [4.69, 9.17) is 9.84 Å². The van der Waals surface area contributed by atoms with E-state index in [1.165, 1.54) is 11.3 Å². The van der Waals surface area contributed by atoms with Crippen LogP contribution in [0.1, 0.15) is 22.5 Å². The maximum atomic E-state index is 10.6. The van der Waals surface area contributed by atoms with Gasteiger partial charge in [-0.3, -0.25) is 9.78 Å². The van der Waals surface area contributed by atoms with Crippen molar-refractivity contribution in [1.82, 2.24) is 9.97 Å². The van der Waals surface area contributed by atoms with E-state index >= 15 is 0 Å². The number of aromatic nitrogens is 2. The lowest BCUT2D eigenvalue weighted by Gasteiger charge is -2.11. The molecule has 1 N–H and O–H groups in total. The number of methoxy groups -OCH3 is 1. The molecule has 0 saturated heterocycles. The van der Waals surface area contributed by atoms with Crippen molar-refractivity contribution >= 4 is 29.1 Å². The van der Waals surface area contributed by atoms with Crippen LogP contribution in [-0.4, -0.2) is 28.2 Å². The summed E-state index contributed by atoms with van der Waals surface area (Å²) in [5, 5.41) is 10.5. The maximum Gasteiger partial charge on any atom is 0.309 e. The Morgan fingerprint density at radius 3 is 2.90 bits per heavy atom. The van der Waals surface area contributed by atoms with Crippen molar-refractivity contribution in [3.8, 4) is 5.75 Å². The van der Waals surface area contributed by atoms with E-state index in [1.54, 1.807) is 30.4 Å². The molecule has 0 amide bonds. The second-order valence-electron chi connectivity index (χ2n) is 4.51. The van der Waals surface area contributed by atoms with E-state index < -0.39 is 5.97 Å². The fourth-order valence-electron chi connectivity index (χ4n) is 1.94. The van der Waals surface area contributed by atoms with Gasteiger partial charge in [-0.15, -0.1) is 11.3 Å². The zero-order chi connectivity index (χ0) is 15.4. The summed E-state index contributed by atoms with van der Waals surface area (Å²) in [4.78, 5) is 19.4. The summed E-state index contributed by atoms with van der Waals surface area (Å²) in [5.74, 6) is 0.687. The van der Waals surface area contributed by atoms with E-state index in [1.807, 2.05) is 13.8 Å². The third kappa shape index (κ3) is 3.95. The standard InChI is InChI=1S/C14H16N2O3S2/c1-8-5-15-11(9(2)13(8)19-3)7-21-14-16-10(6-20-14)4-12(17)18/h5-6H,4,7H2,1-3H3,(H,17,18). The Morgan fingerprint density at radius 2 is 2.24 bits per heavy atom. The van der Waals surface area contributed by atoms with Crippen LogP contribution in [0.5, 0.6) is 5.75 Å². The molecule has 2 aromatic rings. The molecule has 0 spiro atoms. The number of aliphatic carboxylic acids is 1. The van der Waals surface area contributed by atoms with Crippen molar-refractivity contribution in [3.05, 3.63) is 34.1 Å². The third-order valence-electron chi connectivity index (χ3n) is 2.95. The number of hydrogen-bond donors (Lipinski definition) is 1. The molecule has 21 heavy (non-hydrogen) atoms. The molecular weight excluding hydrogens is 308 g/mol. The van der Waals surface area contributed by atoms with Crippen LogP contribution >= 0.6 is 23.1 Å². The Balaban J connectivity index is 2.06. The Bertz CT molecular complexity index is 656. The van der Waals surface area contributed by atoms with Gasteiger partial charge in [0.15, 0.2) is 4.34 Å². The molecule has 0 aliphatic carbocycles. The first-order valence-electron chi connectivity index (χ1n) is 6.29. The predicted molar refractivity (Wildman–Crippen MR) is 83.3 cm³/mol. The highest BCUT2D eigenvalue weighted by molar-refractivity contribution is 8.00. The second-order valence-corrected chi connectivity index (χ2v) is 6.59. The van der Waals surface area contributed by atoms with Gasteiger partial charge in [0.2, 0.25) is 0 Å². The minimum Gasteiger partial charge on any atom is -0.496 e. The van der Waals surface area contributed by atoms with Gasteiger partial charge in [0.05, 0.1) is 24.9 Å². The van der Waals surface area contributed by atoms with Crippen LogP contribution < -0.4 is 4.74 Å². The summed E-state index contributed by atoms with van der Waals surface area (Å²) in [6.45, 7) is 3.96. The molecule has 0 radical (unpaired) electrons. The highest BCUT2D eigenvalue weighted by Gasteiger charge is 2.11. The summed E-state index contributed by atoms with van der Waals surface area (Å²) in [6, 6.07) is 0. The van der Waals surface area contributed by atoms with Gasteiger partial charge in [0.25, 0.3) is 0 Å². The maximum absolute atomic E-state index is 10.6. The molecule has 0 aliphatic rings. The van der Waals surface area contributed by atoms with E-state index in [2.05, 4.69) is 9.97 Å². The van der Waals surface area contributed by atoms with Gasteiger partial charge in [-0.25, -0.2) is 4.98 Å². The van der Waals surface area contributed by atoms with Gasteiger partial charge in [0, 0.05) is 28.5 Å². The molecule has 112 valence electrons. The van der Waals surface area contributed by atoms with Crippen molar-refractivity contribution in [1.29, 1.82) is 0 Å². The molecule has 0 bridgehead atoms. The first-order chi connectivity index (χ1) is 10.0. The lowest BCUT2D eigenvalue weighted by molar-refractivity contribution is -0.136. The van der Waals surface area contributed by atoms with Crippen molar-refractivity contribution < 1.29 is 14.6 Å². The summed E-state index contributed by atoms with van der Waals surface area (Å²) >= 11 is 3.02. The van der Waals surface area contributed by atoms with E-state index in [0.717, 1.165) is 26.9 Å². The van der Waals surface area contributed by atoms with Crippen molar-refractivity contribution in [2.24, 2.45) is 0 Å². The molecule has 7 heteroatoms. The number of carbonyl (C=O) groups is 1. The molecule has 0 aliphatic heterocycles. The van der Waals surface area contributed by atoms with Crippen molar-refractivity contribution in [3.63, 3.8) is 0 Å². The fourth-order valence-corrected chi connectivity index (χ4v) is 3.81. The summed E-state index contributed by atoms with van der Waals surface area (Å²) < 4.78 is 6.24. The van der Waals surface area contributed by atoms with Gasteiger partial charge in [0.1, 0.15) is 5.75 Å². The SMILES string of the molecule is COc1c(C)cnc(CSc2nc(CC(=O)O)cs2)c1C. The Labute approximate surface area is 131 Å². The van der Waals surface area contributed by atoms with Crippen LogP contribution in [0.25, 0.3) is 0 Å². The summed E-state index contributed by atoms with van der Waals surface area (Å²) in [6.07, 6.45) is 1.77. The molecule has 2 aromatic heterocycles. The van der Waals surface area contributed by atoms with E-state index in [-0.39, 0.29) is 6.42 Å². The molecule has 0 unspecified atom stereocenters. The third-order valence-corrected chi connectivity index (χ3v) is 5.03. The van der Waals surface area contributed by atoms with Gasteiger partial charge < -0.3 is 9.84 Å². The van der Waals surface area contributed by atoms with Crippen LogP contribution in [0, 0.1) is 13.8 Å². The number of pyridine rings is 1. The lowest BCUT2D eigenvalue weighted by atomic mass is 10.1. The molecular formula is C14H16N2O3S2. The highest BCUT2D eigenvalue weighted by Crippen LogP contribution is 2.30. The Hall–Kier alpha value is -1.60. The topological polar surface area (TPSA) is 72.3 Å². The monoisotopic (exact) mass is 324 g/mol. The predicted octanol–water partition coefficient (Wildman–Crippen LogP) is 3.08. The minimum absolute atomic E-state index is 0.0350. The number of carboxylic acids is 1. The normalized spacial score (nSPS) is 10.6. The second kappa shape index (κ2) is 6.91. The molecule has 2 heterocycles. The number of hydrogen-bond acceptors (Lipinski definition) is 6. The first kappa shape index (κ1) is 15.8. The summed E-state index contributed by atoms with van der Waals surface area (Å²) in [5.41, 5.74) is 3.60. The molecule has 5 nitrogen and oxygen atoms in total.